The fourth-order valence-electron chi connectivity index (χ4n) is 2.23. The molecule has 3 fully saturated rings. The third-order valence-electron chi connectivity index (χ3n) is 3.07. The van der Waals surface area contributed by atoms with Crippen LogP contribution in [0.2, 0.25) is 0 Å². The number of piperazine rings is 1. The van der Waals surface area contributed by atoms with E-state index >= 15 is 0 Å². The minimum Gasteiger partial charge on any atom is -0.307 e. The van der Waals surface area contributed by atoms with Crippen LogP contribution in [-0.4, -0.2) is 24.5 Å². The van der Waals surface area contributed by atoms with Crippen LogP contribution in [0.1, 0.15) is 6.42 Å². The third-order valence-corrected chi connectivity index (χ3v) is 3.07. The fourth-order valence-corrected chi connectivity index (χ4v) is 2.23. The predicted molar refractivity (Wildman–Crippen MR) is 54.1 cm³/mol. The molecular weight excluding hydrogens is 195 g/mol. The molecule has 4 rings (SSSR count). The van der Waals surface area contributed by atoms with Crippen LogP contribution in [0.25, 0.3) is 0 Å². The second-order valence-electron chi connectivity index (χ2n) is 4.05. The molecule has 3 aliphatic rings. The minimum absolute atomic E-state index is 0.0115. The maximum Gasteiger partial charge on any atom is 0.244 e. The zero-order valence-electron chi connectivity index (χ0n) is 8.11. The lowest BCUT2D eigenvalue weighted by Crippen LogP contribution is -2.70. The summed E-state index contributed by atoms with van der Waals surface area (Å²) in [6, 6.07) is 6.66. The van der Waals surface area contributed by atoms with E-state index in [-0.39, 0.29) is 17.8 Å². The first-order chi connectivity index (χ1) is 7.25. The molecule has 0 saturated carbocycles. The van der Waals surface area contributed by atoms with Crippen LogP contribution in [-0.2, 0) is 4.79 Å². The molecule has 1 aromatic carbocycles. The van der Waals surface area contributed by atoms with Crippen molar-refractivity contribution in [3.8, 4) is 0 Å². The number of para-hydroxylation sites is 1. The number of anilines is 1. The third kappa shape index (κ3) is 1.25. The number of amides is 1. The molecule has 3 saturated heterocycles. The average Bonchev–Trinajstić information content (AvgIpc) is 2.17. The highest BCUT2D eigenvalue weighted by Gasteiger charge is 2.44. The summed E-state index contributed by atoms with van der Waals surface area (Å²) in [4.78, 5) is 13.4. The summed E-state index contributed by atoms with van der Waals surface area (Å²) in [7, 11) is 0. The van der Waals surface area contributed by atoms with E-state index in [9.17, 15) is 9.18 Å². The van der Waals surface area contributed by atoms with Crippen molar-refractivity contribution >= 4 is 11.6 Å². The van der Waals surface area contributed by atoms with Gasteiger partial charge in [0.1, 0.15) is 5.82 Å². The topological polar surface area (TPSA) is 32.3 Å². The number of benzene rings is 1. The van der Waals surface area contributed by atoms with Crippen LogP contribution in [0.4, 0.5) is 10.1 Å². The lowest BCUT2D eigenvalue weighted by atomic mass is 9.90. The van der Waals surface area contributed by atoms with Crippen molar-refractivity contribution in [2.75, 3.05) is 11.4 Å². The number of nitrogens with zero attached hydrogens (tertiary/aromatic N) is 1. The van der Waals surface area contributed by atoms with E-state index in [1.807, 2.05) is 0 Å². The Bertz CT molecular complexity index is 415. The van der Waals surface area contributed by atoms with E-state index in [1.54, 1.807) is 23.1 Å². The molecular formula is C11H11FN2O. The number of nitrogens with one attached hydrogen (secondary N) is 1. The van der Waals surface area contributed by atoms with Crippen LogP contribution in [0.15, 0.2) is 24.3 Å². The van der Waals surface area contributed by atoms with Crippen LogP contribution in [0.3, 0.4) is 0 Å². The van der Waals surface area contributed by atoms with Gasteiger partial charge in [-0.05, 0) is 18.6 Å². The Kier molecular flexibility index (Phi) is 1.79. The second-order valence-corrected chi connectivity index (χ2v) is 4.05. The van der Waals surface area contributed by atoms with Crippen molar-refractivity contribution in [3.05, 3.63) is 30.1 Å². The summed E-state index contributed by atoms with van der Waals surface area (Å²) in [6.45, 7) is 0.580. The molecule has 0 spiro atoms. The predicted octanol–water partition coefficient (Wildman–Crippen LogP) is 0.903. The van der Waals surface area contributed by atoms with Gasteiger partial charge in [0.25, 0.3) is 0 Å². The maximum atomic E-state index is 13.5. The van der Waals surface area contributed by atoms with E-state index in [0.29, 0.717) is 18.3 Å². The number of halogens is 1. The molecule has 0 radical (unpaired) electrons. The molecule has 0 aromatic heterocycles. The smallest absolute Gasteiger partial charge is 0.244 e. The van der Waals surface area contributed by atoms with Crippen molar-refractivity contribution in [1.29, 1.82) is 0 Å². The number of hydrogen-bond acceptors (Lipinski definition) is 2. The van der Waals surface area contributed by atoms with Crippen molar-refractivity contribution in [2.45, 2.75) is 18.5 Å². The Morgan fingerprint density at radius 2 is 2.13 bits per heavy atom. The molecule has 3 heterocycles. The molecule has 2 bridgehead atoms. The van der Waals surface area contributed by atoms with Crippen molar-refractivity contribution in [3.63, 3.8) is 0 Å². The minimum atomic E-state index is -0.327. The van der Waals surface area contributed by atoms with Gasteiger partial charge in [-0.1, -0.05) is 12.1 Å². The van der Waals surface area contributed by atoms with Gasteiger partial charge in [-0.3, -0.25) is 4.79 Å². The summed E-state index contributed by atoms with van der Waals surface area (Å²) in [6.07, 6.45) is 0.893. The Hall–Kier alpha value is -1.42. The van der Waals surface area contributed by atoms with Crippen LogP contribution in [0.5, 0.6) is 0 Å². The molecule has 2 atom stereocenters. The van der Waals surface area contributed by atoms with Crippen LogP contribution in [0, 0.1) is 5.82 Å². The Morgan fingerprint density at radius 1 is 1.40 bits per heavy atom. The SMILES string of the molecule is O=C1C2CC(CN1c1ccccc1F)N2. The van der Waals surface area contributed by atoms with Gasteiger partial charge in [0.05, 0.1) is 11.7 Å². The number of carbonyl (C=O) groups is 1. The van der Waals surface area contributed by atoms with E-state index in [1.165, 1.54) is 6.07 Å². The van der Waals surface area contributed by atoms with Gasteiger partial charge in [-0.2, -0.15) is 0 Å². The fraction of sp³-hybridized carbons (Fsp3) is 0.364. The normalized spacial score (nSPS) is 28.9. The van der Waals surface area contributed by atoms with Gasteiger partial charge in [-0.15, -0.1) is 0 Å². The van der Waals surface area contributed by atoms with Gasteiger partial charge < -0.3 is 10.2 Å². The van der Waals surface area contributed by atoms with E-state index in [4.69, 9.17) is 0 Å². The highest BCUT2D eigenvalue weighted by Crippen LogP contribution is 2.28. The summed E-state index contributed by atoms with van der Waals surface area (Å²) >= 11 is 0. The number of rotatable bonds is 1. The lowest BCUT2D eigenvalue weighted by molar-refractivity contribution is -0.125. The highest BCUT2D eigenvalue weighted by molar-refractivity contribution is 5.99. The zero-order valence-corrected chi connectivity index (χ0v) is 8.11. The average molecular weight is 206 g/mol. The van der Waals surface area contributed by atoms with Gasteiger partial charge in [0.2, 0.25) is 5.91 Å². The van der Waals surface area contributed by atoms with Gasteiger partial charge in [0, 0.05) is 12.6 Å². The number of carbonyl (C=O) groups excluding carboxylic acids is 1. The van der Waals surface area contributed by atoms with Crippen molar-refractivity contribution in [1.82, 2.24) is 5.32 Å². The first-order valence-corrected chi connectivity index (χ1v) is 5.07. The largest absolute Gasteiger partial charge is 0.307 e. The van der Waals surface area contributed by atoms with Crippen LogP contribution >= 0.6 is 0 Å². The molecule has 1 amide bonds. The lowest BCUT2D eigenvalue weighted by Gasteiger charge is -2.47. The maximum absolute atomic E-state index is 13.5. The molecule has 3 nitrogen and oxygen atoms in total. The Balaban J connectivity index is 1.94. The van der Waals surface area contributed by atoms with Gasteiger partial charge in [0.15, 0.2) is 0 Å². The van der Waals surface area contributed by atoms with Crippen molar-refractivity contribution in [2.24, 2.45) is 0 Å². The molecule has 15 heavy (non-hydrogen) atoms. The molecule has 4 heteroatoms. The van der Waals surface area contributed by atoms with Gasteiger partial charge in [-0.25, -0.2) is 4.39 Å². The molecule has 3 aliphatic heterocycles. The van der Waals surface area contributed by atoms with E-state index in [0.717, 1.165) is 6.42 Å². The molecule has 1 aromatic rings. The Labute approximate surface area is 86.9 Å². The molecule has 0 aliphatic carbocycles. The van der Waals surface area contributed by atoms with E-state index in [2.05, 4.69) is 5.32 Å². The second kappa shape index (κ2) is 3.03. The van der Waals surface area contributed by atoms with Gasteiger partial charge >= 0.3 is 0 Å². The number of piperidine rings is 1. The molecule has 2 unspecified atom stereocenters. The Morgan fingerprint density at radius 3 is 2.80 bits per heavy atom. The molecule has 78 valence electrons. The number of fused-ring (bicyclic) bond motifs is 2. The monoisotopic (exact) mass is 206 g/mol. The molecule has 1 N–H and O–H groups in total. The summed E-state index contributed by atoms with van der Waals surface area (Å²) in [5, 5.41) is 3.13. The first-order valence-electron chi connectivity index (χ1n) is 5.07. The summed E-state index contributed by atoms with van der Waals surface area (Å²) in [5.74, 6) is -0.338. The quantitative estimate of drug-likeness (QED) is 0.740. The summed E-state index contributed by atoms with van der Waals surface area (Å²) < 4.78 is 13.5. The van der Waals surface area contributed by atoms with E-state index < -0.39 is 0 Å². The number of hydrogen-bond donors (Lipinski definition) is 1. The van der Waals surface area contributed by atoms with Crippen molar-refractivity contribution < 1.29 is 9.18 Å². The van der Waals surface area contributed by atoms with Crippen LogP contribution < -0.4 is 10.2 Å². The highest BCUT2D eigenvalue weighted by atomic mass is 19.1. The zero-order chi connectivity index (χ0) is 10.4. The first kappa shape index (κ1) is 8.85. The summed E-state index contributed by atoms with van der Waals surface area (Å²) in [5.41, 5.74) is 0.402. The standard InChI is InChI=1S/C11H11FN2O/c12-8-3-1-2-4-10(8)14-6-7-5-9(13-7)11(14)15/h1-4,7,9,13H,5-6H2.